The van der Waals surface area contributed by atoms with Crippen LogP contribution in [-0.4, -0.2) is 29.9 Å². The Balaban J connectivity index is 2.46. The number of carbonyl (C=O) groups is 1. The van der Waals surface area contributed by atoms with Gasteiger partial charge in [-0.2, -0.15) is 0 Å². The number of amides is 1. The van der Waals surface area contributed by atoms with E-state index in [2.05, 4.69) is 13.8 Å². The van der Waals surface area contributed by atoms with Crippen molar-refractivity contribution in [1.29, 1.82) is 0 Å². The van der Waals surface area contributed by atoms with Crippen molar-refractivity contribution in [1.82, 2.24) is 4.90 Å². The largest absolute Gasteiger partial charge is 0.339 e. The lowest BCUT2D eigenvalue weighted by Gasteiger charge is -2.36. The Labute approximate surface area is 93.0 Å². The molecule has 88 valence electrons. The minimum atomic E-state index is 0.128. The third-order valence-corrected chi connectivity index (χ3v) is 3.20. The summed E-state index contributed by atoms with van der Waals surface area (Å²) >= 11 is 0. The molecule has 0 radical (unpaired) electrons. The van der Waals surface area contributed by atoms with Crippen LogP contribution in [0.2, 0.25) is 0 Å². The number of nitrogens with zero attached hydrogens (tertiary/aromatic N) is 1. The average molecular weight is 212 g/mol. The molecule has 15 heavy (non-hydrogen) atoms. The molecule has 0 aromatic carbocycles. The minimum absolute atomic E-state index is 0.128. The third-order valence-electron chi connectivity index (χ3n) is 3.20. The van der Waals surface area contributed by atoms with E-state index in [-0.39, 0.29) is 12.5 Å². The molecule has 0 spiro atoms. The second-order valence-electron chi connectivity index (χ2n) is 4.91. The van der Waals surface area contributed by atoms with Crippen LogP contribution in [0.4, 0.5) is 0 Å². The average Bonchev–Trinajstić information content (AvgIpc) is 2.25. The minimum Gasteiger partial charge on any atom is -0.339 e. The molecule has 1 fully saturated rings. The molecule has 0 aromatic heterocycles. The second-order valence-corrected chi connectivity index (χ2v) is 4.91. The maximum Gasteiger partial charge on any atom is 0.236 e. The van der Waals surface area contributed by atoms with Crippen LogP contribution in [0.15, 0.2) is 0 Å². The van der Waals surface area contributed by atoms with E-state index in [1.807, 2.05) is 4.90 Å². The molecule has 0 saturated carbocycles. The smallest absolute Gasteiger partial charge is 0.236 e. The molecular formula is C12H24N2O. The summed E-state index contributed by atoms with van der Waals surface area (Å²) in [6, 6.07) is 0.456. The molecule has 1 aliphatic rings. The molecule has 0 aromatic rings. The fourth-order valence-corrected chi connectivity index (χ4v) is 2.27. The van der Waals surface area contributed by atoms with Gasteiger partial charge in [0, 0.05) is 12.6 Å². The summed E-state index contributed by atoms with van der Waals surface area (Å²) in [6.45, 7) is 5.55. The number of hydrogen-bond donors (Lipinski definition) is 1. The summed E-state index contributed by atoms with van der Waals surface area (Å²) in [6.07, 6.45) is 5.92. The summed E-state index contributed by atoms with van der Waals surface area (Å²) in [5, 5.41) is 0. The highest BCUT2D eigenvalue weighted by atomic mass is 16.2. The number of carbonyl (C=O) groups excluding carboxylic acids is 1. The van der Waals surface area contributed by atoms with Crippen LogP contribution in [0.25, 0.3) is 0 Å². The quantitative estimate of drug-likeness (QED) is 0.772. The van der Waals surface area contributed by atoms with E-state index in [4.69, 9.17) is 5.73 Å². The highest BCUT2D eigenvalue weighted by Crippen LogP contribution is 2.22. The second kappa shape index (κ2) is 6.11. The lowest BCUT2D eigenvalue weighted by atomic mass is 9.95. The van der Waals surface area contributed by atoms with E-state index in [9.17, 15) is 4.79 Å². The van der Waals surface area contributed by atoms with Crippen molar-refractivity contribution in [3.8, 4) is 0 Å². The van der Waals surface area contributed by atoms with Crippen LogP contribution in [0, 0.1) is 5.92 Å². The van der Waals surface area contributed by atoms with E-state index in [1.54, 1.807) is 0 Å². The summed E-state index contributed by atoms with van der Waals surface area (Å²) in [7, 11) is 0. The molecule has 1 heterocycles. The monoisotopic (exact) mass is 212 g/mol. The Bertz CT molecular complexity index is 204. The predicted octanol–water partition coefficient (Wildman–Crippen LogP) is 1.76. The topological polar surface area (TPSA) is 46.3 Å². The van der Waals surface area contributed by atoms with E-state index >= 15 is 0 Å². The fourth-order valence-electron chi connectivity index (χ4n) is 2.27. The first-order valence-corrected chi connectivity index (χ1v) is 6.14. The van der Waals surface area contributed by atoms with Crippen molar-refractivity contribution in [2.24, 2.45) is 11.7 Å². The Kier molecular flexibility index (Phi) is 5.09. The molecule has 3 nitrogen and oxygen atoms in total. The van der Waals surface area contributed by atoms with E-state index in [0.717, 1.165) is 25.3 Å². The normalized spacial score (nSPS) is 22.1. The standard InChI is InChI=1S/C12H24N2O/c1-10(2)6-7-11-5-3-4-8-14(11)12(15)9-13/h10-11H,3-9,13H2,1-2H3/t11-/m1/s1. The molecule has 2 N–H and O–H groups in total. The number of nitrogens with two attached hydrogens (primary N) is 1. The van der Waals surface area contributed by atoms with E-state index in [0.29, 0.717) is 6.04 Å². The Hall–Kier alpha value is -0.570. The van der Waals surface area contributed by atoms with Crippen LogP contribution in [0.1, 0.15) is 46.0 Å². The number of rotatable bonds is 4. The molecule has 0 bridgehead atoms. The van der Waals surface area contributed by atoms with Gasteiger partial charge < -0.3 is 10.6 Å². The van der Waals surface area contributed by atoms with E-state index < -0.39 is 0 Å². The lowest BCUT2D eigenvalue weighted by molar-refractivity contribution is -0.133. The molecule has 1 saturated heterocycles. The Morgan fingerprint density at radius 2 is 2.20 bits per heavy atom. The maximum absolute atomic E-state index is 11.6. The van der Waals surface area contributed by atoms with Gasteiger partial charge in [0.1, 0.15) is 0 Å². The zero-order valence-corrected chi connectivity index (χ0v) is 10.0. The Morgan fingerprint density at radius 3 is 2.80 bits per heavy atom. The lowest BCUT2D eigenvalue weighted by Crippen LogP contribution is -2.46. The summed E-state index contributed by atoms with van der Waals surface area (Å²) < 4.78 is 0. The molecule has 1 rings (SSSR count). The van der Waals surface area contributed by atoms with Crippen molar-refractivity contribution >= 4 is 5.91 Å². The SMILES string of the molecule is CC(C)CC[C@H]1CCCCN1C(=O)CN. The van der Waals surface area contributed by atoms with Gasteiger partial charge in [0.2, 0.25) is 5.91 Å². The van der Waals surface area contributed by atoms with Crippen LogP contribution >= 0.6 is 0 Å². The van der Waals surface area contributed by atoms with Gasteiger partial charge in [0.05, 0.1) is 6.54 Å². The van der Waals surface area contributed by atoms with Gasteiger partial charge >= 0.3 is 0 Å². The molecule has 3 heteroatoms. The molecule has 0 aliphatic carbocycles. The zero-order valence-electron chi connectivity index (χ0n) is 10.0. The van der Waals surface area contributed by atoms with Crippen LogP contribution in [0.5, 0.6) is 0 Å². The van der Waals surface area contributed by atoms with Crippen molar-refractivity contribution in [2.45, 2.75) is 52.0 Å². The molecule has 1 atom stereocenters. The van der Waals surface area contributed by atoms with Crippen LogP contribution in [0.3, 0.4) is 0 Å². The number of hydrogen-bond acceptors (Lipinski definition) is 2. The van der Waals surface area contributed by atoms with Gasteiger partial charge in [0.25, 0.3) is 0 Å². The number of piperidine rings is 1. The van der Waals surface area contributed by atoms with Crippen molar-refractivity contribution in [3.63, 3.8) is 0 Å². The van der Waals surface area contributed by atoms with Gasteiger partial charge in [-0.05, 0) is 38.0 Å². The fraction of sp³-hybridized carbons (Fsp3) is 0.917. The Morgan fingerprint density at radius 1 is 1.47 bits per heavy atom. The van der Waals surface area contributed by atoms with Gasteiger partial charge in [-0.25, -0.2) is 0 Å². The van der Waals surface area contributed by atoms with Crippen LogP contribution < -0.4 is 5.73 Å². The molecule has 1 amide bonds. The highest BCUT2D eigenvalue weighted by Gasteiger charge is 2.25. The predicted molar refractivity (Wildman–Crippen MR) is 62.5 cm³/mol. The molecule has 0 unspecified atom stereocenters. The highest BCUT2D eigenvalue weighted by molar-refractivity contribution is 5.78. The van der Waals surface area contributed by atoms with Crippen LogP contribution in [-0.2, 0) is 4.79 Å². The number of likely N-dealkylation sites (tertiary alicyclic amines) is 1. The first kappa shape index (κ1) is 12.5. The first-order chi connectivity index (χ1) is 7.15. The van der Waals surface area contributed by atoms with Gasteiger partial charge in [-0.1, -0.05) is 13.8 Å². The van der Waals surface area contributed by atoms with Gasteiger partial charge in [-0.15, -0.1) is 0 Å². The van der Waals surface area contributed by atoms with Crippen molar-refractivity contribution < 1.29 is 4.79 Å². The van der Waals surface area contributed by atoms with Crippen molar-refractivity contribution in [3.05, 3.63) is 0 Å². The van der Waals surface area contributed by atoms with E-state index in [1.165, 1.54) is 19.3 Å². The van der Waals surface area contributed by atoms with Gasteiger partial charge in [-0.3, -0.25) is 4.79 Å². The van der Waals surface area contributed by atoms with Crippen molar-refractivity contribution in [2.75, 3.05) is 13.1 Å². The van der Waals surface area contributed by atoms with Gasteiger partial charge in [0.15, 0.2) is 0 Å². The third kappa shape index (κ3) is 3.82. The molecular weight excluding hydrogens is 188 g/mol. The summed E-state index contributed by atoms with van der Waals surface area (Å²) in [5.41, 5.74) is 5.43. The zero-order chi connectivity index (χ0) is 11.3. The first-order valence-electron chi connectivity index (χ1n) is 6.14. The summed E-state index contributed by atoms with van der Waals surface area (Å²) in [4.78, 5) is 13.6. The summed E-state index contributed by atoms with van der Waals surface area (Å²) in [5.74, 6) is 0.852. The maximum atomic E-state index is 11.6. The molecule has 1 aliphatic heterocycles.